The second-order valence-electron chi connectivity index (χ2n) is 5.31. The van der Waals surface area contributed by atoms with Crippen LogP contribution < -0.4 is 10.4 Å². The van der Waals surface area contributed by atoms with E-state index in [-0.39, 0.29) is 0 Å². The molecule has 1 aliphatic rings. The second-order valence-corrected chi connectivity index (χ2v) is 5.31. The predicted octanol–water partition coefficient (Wildman–Crippen LogP) is 1.62. The number of hydrogen-bond donors (Lipinski definition) is 2. The molecule has 2 rings (SSSR count). The molecule has 1 heterocycles. The van der Waals surface area contributed by atoms with Crippen molar-refractivity contribution in [2.75, 3.05) is 18.0 Å². The van der Waals surface area contributed by atoms with E-state index in [1.54, 1.807) is 0 Å². The topological polar surface area (TPSA) is 43.7 Å². The fraction of sp³-hybridized carbons (Fsp3) is 0.538. The zero-order chi connectivity index (χ0) is 14.9. The number of piperidine rings is 1. The zero-order valence-electron chi connectivity index (χ0n) is 11.2. The minimum atomic E-state index is -4.60. The summed E-state index contributed by atoms with van der Waals surface area (Å²) in [5.74, 6) is 0.590. The average molecular weight is 287 g/mol. The number of nitrogens with zero attached hydrogens (tertiary/aromatic N) is 1. The molecule has 0 amide bonds. The molecule has 0 spiro atoms. The van der Waals surface area contributed by atoms with Crippen molar-refractivity contribution in [2.24, 2.45) is 5.92 Å². The number of alkyl halides is 3. The molecule has 0 aromatic heterocycles. The van der Waals surface area contributed by atoms with E-state index >= 15 is 0 Å². The molecule has 1 fully saturated rings. The van der Waals surface area contributed by atoms with Gasteiger partial charge in [-0.1, -0.05) is 13.0 Å². The monoisotopic (exact) mass is 287 g/mol. The van der Waals surface area contributed by atoms with Crippen molar-refractivity contribution in [3.63, 3.8) is 0 Å². The highest BCUT2D eigenvalue weighted by atomic mass is 19.4. The number of rotatable bonds is 2. The smallest absolute Gasteiger partial charge is 0.423 e. The van der Waals surface area contributed by atoms with Gasteiger partial charge in [0.1, 0.15) is 0 Å². The van der Waals surface area contributed by atoms with Crippen LogP contribution in [0.3, 0.4) is 0 Å². The molecule has 0 radical (unpaired) electrons. The molecule has 1 aromatic carbocycles. The molecule has 1 aliphatic heterocycles. The van der Waals surface area contributed by atoms with E-state index in [0.717, 1.165) is 38.1 Å². The molecule has 1 saturated heterocycles. The summed E-state index contributed by atoms with van der Waals surface area (Å²) in [7, 11) is -2.12. The van der Waals surface area contributed by atoms with Crippen molar-refractivity contribution in [3.8, 4) is 0 Å². The van der Waals surface area contributed by atoms with Crippen LogP contribution in [-0.2, 0) is 6.18 Å². The third-order valence-electron chi connectivity index (χ3n) is 3.77. The number of benzene rings is 1. The van der Waals surface area contributed by atoms with Gasteiger partial charge in [-0.2, -0.15) is 13.2 Å². The van der Waals surface area contributed by atoms with E-state index in [2.05, 4.69) is 6.92 Å². The van der Waals surface area contributed by atoms with Crippen molar-refractivity contribution in [1.82, 2.24) is 0 Å². The van der Waals surface area contributed by atoms with E-state index in [4.69, 9.17) is 10.0 Å². The van der Waals surface area contributed by atoms with Crippen LogP contribution in [0.1, 0.15) is 25.3 Å². The quantitative estimate of drug-likeness (QED) is 0.812. The summed E-state index contributed by atoms with van der Waals surface area (Å²) in [5.41, 5.74) is -1.01. The van der Waals surface area contributed by atoms with E-state index in [9.17, 15) is 13.2 Å². The molecule has 0 bridgehead atoms. The Kier molecular flexibility index (Phi) is 4.29. The SMILES string of the molecule is CC1CCN(c2ccc(B(O)O)c(C(F)(F)F)c2)CC1. The van der Waals surface area contributed by atoms with Crippen molar-refractivity contribution in [1.29, 1.82) is 0 Å². The molecule has 0 unspecified atom stereocenters. The molecular formula is C13H17BF3NO2. The Balaban J connectivity index is 2.32. The van der Waals surface area contributed by atoms with E-state index in [1.165, 1.54) is 6.07 Å². The van der Waals surface area contributed by atoms with Crippen LogP contribution in [0.15, 0.2) is 18.2 Å². The van der Waals surface area contributed by atoms with Gasteiger partial charge >= 0.3 is 13.3 Å². The summed E-state index contributed by atoms with van der Waals surface area (Å²) in [6.45, 7) is 3.57. The Morgan fingerprint density at radius 2 is 1.80 bits per heavy atom. The fourth-order valence-electron chi connectivity index (χ4n) is 2.48. The van der Waals surface area contributed by atoms with Crippen LogP contribution in [0.25, 0.3) is 0 Å². The van der Waals surface area contributed by atoms with Gasteiger partial charge < -0.3 is 14.9 Å². The number of hydrogen-bond acceptors (Lipinski definition) is 3. The molecule has 0 saturated carbocycles. The highest BCUT2D eigenvalue weighted by Crippen LogP contribution is 2.32. The summed E-state index contributed by atoms with van der Waals surface area (Å²) in [6, 6.07) is 3.66. The Hall–Kier alpha value is -1.21. The first-order valence-electron chi connectivity index (χ1n) is 6.61. The van der Waals surface area contributed by atoms with Crippen LogP contribution in [-0.4, -0.2) is 30.3 Å². The highest BCUT2D eigenvalue weighted by molar-refractivity contribution is 6.59. The predicted molar refractivity (Wildman–Crippen MR) is 71.9 cm³/mol. The third kappa shape index (κ3) is 3.27. The Labute approximate surface area is 116 Å². The van der Waals surface area contributed by atoms with Gasteiger partial charge in [-0.3, -0.25) is 0 Å². The number of anilines is 1. The largest absolute Gasteiger partial charge is 0.489 e. The maximum absolute atomic E-state index is 13.0. The number of halogens is 3. The summed E-state index contributed by atoms with van der Waals surface area (Å²) >= 11 is 0. The molecular weight excluding hydrogens is 270 g/mol. The fourth-order valence-corrected chi connectivity index (χ4v) is 2.48. The van der Waals surface area contributed by atoms with Crippen LogP contribution >= 0.6 is 0 Å². The Morgan fingerprint density at radius 3 is 2.30 bits per heavy atom. The van der Waals surface area contributed by atoms with Crippen molar-refractivity contribution in [3.05, 3.63) is 23.8 Å². The molecule has 0 aliphatic carbocycles. The second kappa shape index (κ2) is 5.65. The van der Waals surface area contributed by atoms with Gasteiger partial charge in [-0.15, -0.1) is 0 Å². The van der Waals surface area contributed by atoms with Gasteiger partial charge in [0.25, 0.3) is 0 Å². The van der Waals surface area contributed by atoms with E-state index in [0.29, 0.717) is 11.6 Å². The van der Waals surface area contributed by atoms with Gasteiger partial charge in [-0.25, -0.2) is 0 Å². The first kappa shape index (κ1) is 15.2. The Bertz CT molecular complexity index is 471. The maximum atomic E-state index is 13.0. The van der Waals surface area contributed by atoms with Crippen molar-refractivity contribution >= 4 is 18.3 Å². The molecule has 1 aromatic rings. The van der Waals surface area contributed by atoms with Crippen LogP contribution in [0.5, 0.6) is 0 Å². The lowest BCUT2D eigenvalue weighted by Crippen LogP contribution is -2.37. The van der Waals surface area contributed by atoms with Gasteiger partial charge in [0, 0.05) is 18.8 Å². The van der Waals surface area contributed by atoms with Crippen LogP contribution in [0.2, 0.25) is 0 Å². The van der Waals surface area contributed by atoms with Gasteiger partial charge in [-0.05, 0) is 36.4 Å². The lowest BCUT2D eigenvalue weighted by molar-refractivity contribution is -0.136. The molecule has 0 atom stereocenters. The average Bonchev–Trinajstić information content (AvgIpc) is 2.38. The van der Waals surface area contributed by atoms with Gasteiger partial charge in [0.2, 0.25) is 0 Å². The van der Waals surface area contributed by atoms with Crippen molar-refractivity contribution in [2.45, 2.75) is 25.9 Å². The minimum absolute atomic E-state index is 0.480. The highest BCUT2D eigenvalue weighted by Gasteiger charge is 2.36. The summed E-state index contributed by atoms with van der Waals surface area (Å²) in [5, 5.41) is 18.1. The van der Waals surface area contributed by atoms with Gasteiger partial charge in [0.15, 0.2) is 0 Å². The van der Waals surface area contributed by atoms with Crippen LogP contribution in [0.4, 0.5) is 18.9 Å². The van der Waals surface area contributed by atoms with Crippen molar-refractivity contribution < 1.29 is 23.2 Å². The Morgan fingerprint density at radius 1 is 1.20 bits per heavy atom. The summed E-state index contributed by atoms with van der Waals surface area (Å²) < 4.78 is 38.9. The lowest BCUT2D eigenvalue weighted by atomic mass is 9.76. The summed E-state index contributed by atoms with van der Waals surface area (Å²) in [4.78, 5) is 1.91. The molecule has 7 heteroatoms. The zero-order valence-corrected chi connectivity index (χ0v) is 11.2. The summed E-state index contributed by atoms with van der Waals surface area (Å²) in [6.07, 6.45) is -2.70. The maximum Gasteiger partial charge on any atom is 0.489 e. The van der Waals surface area contributed by atoms with E-state index < -0.39 is 24.3 Å². The van der Waals surface area contributed by atoms with E-state index in [1.807, 2.05) is 4.90 Å². The standard InChI is InChI=1S/C13H17BF3NO2/c1-9-4-6-18(7-5-9)10-2-3-12(14(19)20)11(8-10)13(15,16)17/h2-3,8-9,19-20H,4-7H2,1H3. The third-order valence-corrected chi connectivity index (χ3v) is 3.77. The first-order chi connectivity index (χ1) is 9.29. The van der Waals surface area contributed by atoms with Crippen LogP contribution in [0, 0.1) is 5.92 Å². The lowest BCUT2D eigenvalue weighted by Gasteiger charge is -2.32. The first-order valence-corrected chi connectivity index (χ1v) is 6.61. The molecule has 110 valence electrons. The molecule has 20 heavy (non-hydrogen) atoms. The normalized spacial score (nSPS) is 17.4. The van der Waals surface area contributed by atoms with Gasteiger partial charge in [0.05, 0.1) is 5.56 Å². The minimum Gasteiger partial charge on any atom is -0.423 e. The molecule has 2 N–H and O–H groups in total. The molecule has 3 nitrogen and oxygen atoms in total.